The molecular weight excluding hydrogens is 450 g/mol. The van der Waals surface area contributed by atoms with Crippen LogP contribution in [0.3, 0.4) is 0 Å². The first kappa shape index (κ1) is 27.1. The Morgan fingerprint density at radius 2 is 1.19 bits per heavy atom. The van der Waals surface area contributed by atoms with Crippen molar-refractivity contribution >= 4 is 11.0 Å². The summed E-state index contributed by atoms with van der Waals surface area (Å²) in [5.74, 6) is 1.42. The highest BCUT2D eigenvalue weighted by atomic mass is 15.3. The summed E-state index contributed by atoms with van der Waals surface area (Å²) in [4.78, 5) is 0. The highest BCUT2D eigenvalue weighted by Gasteiger charge is 2.21. The van der Waals surface area contributed by atoms with E-state index in [4.69, 9.17) is 0 Å². The highest BCUT2D eigenvalue weighted by molar-refractivity contribution is 6.01. The van der Waals surface area contributed by atoms with Gasteiger partial charge in [-0.3, -0.25) is 0 Å². The van der Waals surface area contributed by atoms with Crippen molar-refractivity contribution in [3.63, 3.8) is 0 Å². The molecule has 3 aromatic carbocycles. The molecule has 0 aliphatic carbocycles. The van der Waals surface area contributed by atoms with Gasteiger partial charge in [-0.05, 0) is 58.6 Å². The Morgan fingerprint density at radius 3 is 1.78 bits per heavy atom. The Labute approximate surface area is 224 Å². The average Bonchev–Trinajstić information content (AvgIpc) is 3.42. The minimum Gasteiger partial charge on any atom is -0.197 e. The first-order valence-electron chi connectivity index (χ1n) is 14.7. The van der Waals surface area contributed by atoms with Crippen LogP contribution in [0.25, 0.3) is 33.3 Å². The zero-order valence-electron chi connectivity index (χ0n) is 23.4. The van der Waals surface area contributed by atoms with E-state index in [0.717, 1.165) is 29.8 Å². The molecule has 4 rings (SSSR count). The molecule has 1 aromatic heterocycles. The lowest BCUT2D eigenvalue weighted by Gasteiger charge is -2.21. The molecule has 4 aromatic rings. The number of aromatic amines is 1. The standard InChI is InChI=1S/C34H45N3/c1-5-9-15-25(7-3)23-27-17-11-13-19-29(27)31-21-22-32-34(36-37-35-32)33(31)30-20-14-12-18-28(30)24-26(8-4)16-10-6-2/h11-14,17-22,25-26H,5-10,15-16,23-24H2,1-4H3,(H,35,36,37). The van der Waals surface area contributed by atoms with Crippen molar-refractivity contribution in [1.82, 2.24) is 15.4 Å². The van der Waals surface area contributed by atoms with Crippen LogP contribution in [0.2, 0.25) is 0 Å². The van der Waals surface area contributed by atoms with E-state index in [1.54, 1.807) is 0 Å². The van der Waals surface area contributed by atoms with Gasteiger partial charge in [-0.2, -0.15) is 15.4 Å². The van der Waals surface area contributed by atoms with E-state index in [2.05, 4.69) is 104 Å². The quantitative estimate of drug-likeness (QED) is 0.189. The molecule has 0 fully saturated rings. The normalized spacial score (nSPS) is 13.2. The lowest BCUT2D eigenvalue weighted by atomic mass is 9.83. The van der Waals surface area contributed by atoms with Gasteiger partial charge in [0.1, 0.15) is 11.0 Å². The van der Waals surface area contributed by atoms with Gasteiger partial charge in [-0.1, -0.05) is 134 Å². The maximum Gasteiger partial charge on any atom is 0.121 e. The third kappa shape index (κ3) is 6.50. The monoisotopic (exact) mass is 495 g/mol. The topological polar surface area (TPSA) is 41.6 Å². The minimum absolute atomic E-state index is 0.706. The van der Waals surface area contributed by atoms with Gasteiger partial charge in [0.15, 0.2) is 0 Å². The Hall–Kier alpha value is -2.94. The van der Waals surface area contributed by atoms with Crippen molar-refractivity contribution in [2.24, 2.45) is 11.8 Å². The fraction of sp³-hybridized carbons (Fsp3) is 0.471. The van der Waals surface area contributed by atoms with E-state index in [-0.39, 0.29) is 0 Å². The number of H-pyrrole nitrogens is 1. The van der Waals surface area contributed by atoms with Crippen molar-refractivity contribution in [3.05, 3.63) is 71.8 Å². The van der Waals surface area contributed by atoms with Gasteiger partial charge in [0, 0.05) is 5.56 Å². The minimum atomic E-state index is 0.706. The van der Waals surface area contributed by atoms with E-state index in [0.29, 0.717) is 5.92 Å². The number of fused-ring (bicyclic) bond motifs is 1. The first-order valence-corrected chi connectivity index (χ1v) is 14.7. The summed E-state index contributed by atoms with van der Waals surface area (Å²) < 4.78 is 0. The zero-order valence-corrected chi connectivity index (χ0v) is 23.4. The molecule has 0 amide bonds. The molecule has 0 saturated heterocycles. The molecule has 2 unspecified atom stereocenters. The SMILES string of the molecule is CCCCC(CC)Cc1ccccc1-c1ccc2n[nH]nc2c1-c1ccccc1CC(CC)CCCC. The van der Waals surface area contributed by atoms with Crippen LogP contribution in [0.15, 0.2) is 60.7 Å². The predicted octanol–water partition coefficient (Wildman–Crippen LogP) is 9.81. The summed E-state index contributed by atoms with van der Waals surface area (Å²) in [6, 6.07) is 22.4. The van der Waals surface area contributed by atoms with Gasteiger partial charge in [-0.25, -0.2) is 0 Å². The van der Waals surface area contributed by atoms with Crippen molar-refractivity contribution in [2.75, 3.05) is 0 Å². The number of aromatic nitrogens is 3. The molecule has 0 bridgehead atoms. The van der Waals surface area contributed by atoms with Crippen LogP contribution in [-0.2, 0) is 12.8 Å². The van der Waals surface area contributed by atoms with Gasteiger partial charge in [-0.15, -0.1) is 0 Å². The second-order valence-corrected chi connectivity index (χ2v) is 10.7. The first-order chi connectivity index (χ1) is 18.2. The Morgan fingerprint density at radius 1 is 0.622 bits per heavy atom. The molecular formula is C34H45N3. The molecule has 1 N–H and O–H groups in total. The largest absolute Gasteiger partial charge is 0.197 e. The van der Waals surface area contributed by atoms with Crippen molar-refractivity contribution in [1.29, 1.82) is 0 Å². The predicted molar refractivity (Wildman–Crippen MR) is 159 cm³/mol. The number of rotatable bonds is 14. The second kappa shape index (κ2) is 13.6. The summed E-state index contributed by atoms with van der Waals surface area (Å²) in [7, 11) is 0. The van der Waals surface area contributed by atoms with Gasteiger partial charge in [0.05, 0.1) is 0 Å². The number of hydrogen-bond donors (Lipinski definition) is 1. The summed E-state index contributed by atoms with van der Waals surface area (Å²) >= 11 is 0. The van der Waals surface area contributed by atoms with E-state index in [9.17, 15) is 0 Å². The maximum absolute atomic E-state index is 4.68. The third-order valence-corrected chi connectivity index (χ3v) is 8.19. The van der Waals surface area contributed by atoms with Crippen LogP contribution >= 0.6 is 0 Å². The smallest absolute Gasteiger partial charge is 0.121 e. The number of nitrogens with zero attached hydrogens (tertiary/aromatic N) is 2. The van der Waals surface area contributed by atoms with Crippen molar-refractivity contribution in [2.45, 2.75) is 91.9 Å². The summed E-state index contributed by atoms with van der Waals surface area (Å²) in [6.07, 6.45) is 12.4. The third-order valence-electron chi connectivity index (χ3n) is 8.19. The molecule has 0 radical (unpaired) electrons. The van der Waals surface area contributed by atoms with Crippen LogP contribution in [-0.4, -0.2) is 15.4 Å². The van der Waals surface area contributed by atoms with Crippen molar-refractivity contribution in [3.8, 4) is 22.3 Å². The van der Waals surface area contributed by atoms with E-state index in [1.807, 2.05) is 0 Å². The Kier molecular flexibility index (Phi) is 9.93. The molecule has 196 valence electrons. The van der Waals surface area contributed by atoms with E-state index < -0.39 is 0 Å². The molecule has 37 heavy (non-hydrogen) atoms. The lowest BCUT2D eigenvalue weighted by Crippen LogP contribution is -2.06. The fourth-order valence-corrected chi connectivity index (χ4v) is 5.82. The molecule has 0 aliphatic rings. The van der Waals surface area contributed by atoms with E-state index in [1.165, 1.54) is 84.7 Å². The summed E-state index contributed by atoms with van der Waals surface area (Å²) in [5.41, 5.74) is 9.91. The van der Waals surface area contributed by atoms with Crippen LogP contribution in [0.1, 0.15) is 90.2 Å². The summed E-state index contributed by atoms with van der Waals surface area (Å²) in [6.45, 7) is 9.27. The highest BCUT2D eigenvalue weighted by Crippen LogP contribution is 2.41. The second-order valence-electron chi connectivity index (χ2n) is 10.7. The van der Waals surface area contributed by atoms with Crippen LogP contribution < -0.4 is 0 Å². The van der Waals surface area contributed by atoms with Gasteiger partial charge < -0.3 is 0 Å². The molecule has 0 spiro atoms. The van der Waals surface area contributed by atoms with Gasteiger partial charge >= 0.3 is 0 Å². The number of nitrogens with one attached hydrogen (secondary N) is 1. The zero-order chi connectivity index (χ0) is 26.0. The average molecular weight is 496 g/mol. The molecule has 2 atom stereocenters. The summed E-state index contributed by atoms with van der Waals surface area (Å²) in [5, 5.41) is 12.1. The van der Waals surface area contributed by atoms with Crippen LogP contribution in [0, 0.1) is 11.8 Å². The lowest BCUT2D eigenvalue weighted by molar-refractivity contribution is 0.449. The number of hydrogen-bond acceptors (Lipinski definition) is 2. The molecule has 0 aliphatic heterocycles. The molecule has 3 heteroatoms. The number of unbranched alkanes of at least 4 members (excludes halogenated alkanes) is 2. The molecule has 0 saturated carbocycles. The Bertz CT molecular complexity index is 1250. The van der Waals surface area contributed by atoms with Gasteiger partial charge in [0.25, 0.3) is 0 Å². The van der Waals surface area contributed by atoms with Crippen LogP contribution in [0.4, 0.5) is 0 Å². The van der Waals surface area contributed by atoms with Crippen LogP contribution in [0.5, 0.6) is 0 Å². The maximum atomic E-state index is 4.68. The Balaban J connectivity index is 1.83. The van der Waals surface area contributed by atoms with E-state index >= 15 is 0 Å². The number of benzene rings is 3. The van der Waals surface area contributed by atoms with Crippen molar-refractivity contribution < 1.29 is 0 Å². The fourth-order valence-electron chi connectivity index (χ4n) is 5.82. The van der Waals surface area contributed by atoms with Gasteiger partial charge in [0.2, 0.25) is 0 Å². The molecule has 1 heterocycles. The molecule has 3 nitrogen and oxygen atoms in total.